The van der Waals surface area contributed by atoms with E-state index in [1.165, 1.54) is 11.0 Å². The molecule has 0 saturated heterocycles. The Labute approximate surface area is 113 Å². The highest BCUT2D eigenvalue weighted by atomic mass is 19.4. The van der Waals surface area contributed by atoms with E-state index in [0.29, 0.717) is 24.1 Å². The Morgan fingerprint density at radius 2 is 2.10 bits per heavy atom. The van der Waals surface area contributed by atoms with Crippen LogP contribution >= 0.6 is 0 Å². The van der Waals surface area contributed by atoms with Crippen LogP contribution in [0.25, 0.3) is 0 Å². The third-order valence-corrected chi connectivity index (χ3v) is 3.38. The summed E-state index contributed by atoms with van der Waals surface area (Å²) in [7, 11) is 0. The summed E-state index contributed by atoms with van der Waals surface area (Å²) in [5.41, 5.74) is 1.56. The van der Waals surface area contributed by atoms with Gasteiger partial charge in [0.2, 0.25) is 0 Å². The van der Waals surface area contributed by atoms with Gasteiger partial charge in [-0.25, -0.2) is 4.79 Å². The Bertz CT molecular complexity index is 516. The van der Waals surface area contributed by atoms with Crippen LogP contribution in [0.5, 0.6) is 0 Å². The van der Waals surface area contributed by atoms with Crippen molar-refractivity contribution in [2.45, 2.75) is 25.2 Å². The molecule has 0 fully saturated rings. The number of benzene rings is 1. The van der Waals surface area contributed by atoms with Gasteiger partial charge in [-0.05, 0) is 23.6 Å². The second kappa shape index (κ2) is 5.41. The maximum Gasteiger partial charge on any atom is 0.415 e. The summed E-state index contributed by atoms with van der Waals surface area (Å²) in [5.74, 6) is -1.04. The molecule has 20 heavy (non-hydrogen) atoms. The van der Waals surface area contributed by atoms with Gasteiger partial charge in [0.05, 0.1) is 5.56 Å². The Morgan fingerprint density at radius 3 is 2.70 bits per heavy atom. The number of carbonyl (C=O) groups is 1. The van der Waals surface area contributed by atoms with Crippen LogP contribution < -0.4 is 0 Å². The number of alkyl halides is 3. The third-order valence-electron chi connectivity index (χ3n) is 3.38. The van der Waals surface area contributed by atoms with Gasteiger partial charge in [0.15, 0.2) is 6.10 Å². The first-order chi connectivity index (χ1) is 9.29. The number of aliphatic hydroxyl groups excluding tert-OH is 1. The molecule has 1 aromatic rings. The van der Waals surface area contributed by atoms with Crippen LogP contribution in [0.1, 0.15) is 21.5 Å². The van der Waals surface area contributed by atoms with Crippen molar-refractivity contribution in [3.05, 3.63) is 34.9 Å². The number of carboxylic acids is 1. The first-order valence-corrected chi connectivity index (χ1v) is 6.10. The summed E-state index contributed by atoms with van der Waals surface area (Å²) in [4.78, 5) is 12.5. The number of aromatic carboxylic acids is 1. The second-order valence-corrected chi connectivity index (χ2v) is 4.79. The van der Waals surface area contributed by atoms with Crippen molar-refractivity contribution in [3.8, 4) is 0 Å². The van der Waals surface area contributed by atoms with Crippen molar-refractivity contribution in [2.24, 2.45) is 0 Å². The molecule has 0 spiro atoms. The normalized spacial score (nSPS) is 17.6. The van der Waals surface area contributed by atoms with Gasteiger partial charge in [0, 0.05) is 19.6 Å². The molecule has 0 bridgehead atoms. The van der Waals surface area contributed by atoms with Gasteiger partial charge >= 0.3 is 12.1 Å². The van der Waals surface area contributed by atoms with E-state index < -0.39 is 24.8 Å². The largest absolute Gasteiger partial charge is 0.478 e. The zero-order valence-corrected chi connectivity index (χ0v) is 10.5. The third kappa shape index (κ3) is 3.10. The minimum Gasteiger partial charge on any atom is -0.478 e. The quantitative estimate of drug-likeness (QED) is 0.888. The molecular formula is C13H14F3NO3. The number of aliphatic hydroxyl groups is 1. The molecule has 4 nitrogen and oxygen atoms in total. The fourth-order valence-electron chi connectivity index (χ4n) is 2.37. The first-order valence-electron chi connectivity index (χ1n) is 6.10. The van der Waals surface area contributed by atoms with Crippen molar-refractivity contribution >= 4 is 5.97 Å². The lowest BCUT2D eigenvalue weighted by atomic mass is 9.94. The Kier molecular flexibility index (Phi) is 4.01. The summed E-state index contributed by atoms with van der Waals surface area (Å²) in [5, 5.41) is 18.1. The smallest absolute Gasteiger partial charge is 0.415 e. The molecule has 2 rings (SSSR count). The lowest BCUT2D eigenvalue weighted by Crippen LogP contribution is -2.43. The highest BCUT2D eigenvalue weighted by molar-refractivity contribution is 5.89. The van der Waals surface area contributed by atoms with Crippen LogP contribution in [0.4, 0.5) is 13.2 Å². The van der Waals surface area contributed by atoms with E-state index in [-0.39, 0.29) is 12.1 Å². The molecule has 0 saturated carbocycles. The minimum absolute atomic E-state index is 0.193. The number of fused-ring (bicyclic) bond motifs is 1. The number of rotatable bonds is 3. The van der Waals surface area contributed by atoms with E-state index in [4.69, 9.17) is 10.2 Å². The molecule has 0 amide bonds. The molecular weight excluding hydrogens is 275 g/mol. The molecule has 1 aliphatic heterocycles. The van der Waals surface area contributed by atoms with Crippen molar-refractivity contribution in [1.29, 1.82) is 0 Å². The number of β-amino-alcohol motifs (C(OH)–C–C–N with tert-alkyl or cyclic N) is 1. The van der Waals surface area contributed by atoms with Gasteiger partial charge in [0.1, 0.15) is 0 Å². The molecule has 1 atom stereocenters. The van der Waals surface area contributed by atoms with E-state index in [1.54, 1.807) is 12.1 Å². The monoisotopic (exact) mass is 289 g/mol. The van der Waals surface area contributed by atoms with Gasteiger partial charge in [-0.1, -0.05) is 12.1 Å². The highest BCUT2D eigenvalue weighted by Crippen LogP contribution is 2.25. The summed E-state index contributed by atoms with van der Waals surface area (Å²) < 4.78 is 36.9. The zero-order valence-electron chi connectivity index (χ0n) is 10.5. The maximum atomic E-state index is 12.3. The molecule has 0 aliphatic carbocycles. The summed E-state index contributed by atoms with van der Waals surface area (Å²) in [6, 6.07) is 4.77. The predicted octanol–water partition coefficient (Wildman–Crippen LogP) is 1.67. The molecule has 0 aromatic heterocycles. The van der Waals surface area contributed by atoms with Crippen LogP contribution in [0, 0.1) is 0 Å². The lowest BCUT2D eigenvalue weighted by molar-refractivity contribution is -0.208. The van der Waals surface area contributed by atoms with E-state index in [0.717, 1.165) is 0 Å². The van der Waals surface area contributed by atoms with Gasteiger partial charge in [-0.3, -0.25) is 4.90 Å². The van der Waals surface area contributed by atoms with Crippen LogP contribution in [-0.4, -0.2) is 46.5 Å². The Balaban J connectivity index is 2.12. The molecule has 1 heterocycles. The van der Waals surface area contributed by atoms with Crippen LogP contribution in [-0.2, 0) is 13.0 Å². The number of hydrogen-bond donors (Lipinski definition) is 2. The summed E-state index contributed by atoms with van der Waals surface area (Å²) >= 11 is 0. The molecule has 2 N–H and O–H groups in total. The standard InChI is InChI=1S/C13H14F3NO3/c14-13(15,16)11(18)7-17-5-4-9-8(6-17)2-1-3-10(9)12(19)20/h1-3,11,18H,4-7H2,(H,19,20). The molecule has 1 unspecified atom stereocenters. The average Bonchev–Trinajstić information content (AvgIpc) is 2.36. The second-order valence-electron chi connectivity index (χ2n) is 4.79. The average molecular weight is 289 g/mol. The van der Waals surface area contributed by atoms with Crippen molar-refractivity contribution in [3.63, 3.8) is 0 Å². The van der Waals surface area contributed by atoms with Gasteiger partial charge in [-0.15, -0.1) is 0 Å². The van der Waals surface area contributed by atoms with E-state index in [2.05, 4.69) is 0 Å². The SMILES string of the molecule is O=C(O)c1cccc2c1CCN(CC(O)C(F)(F)F)C2. The molecule has 7 heteroatoms. The lowest BCUT2D eigenvalue weighted by Gasteiger charge is -2.31. The molecule has 0 radical (unpaired) electrons. The molecule has 1 aliphatic rings. The van der Waals surface area contributed by atoms with Crippen molar-refractivity contribution < 1.29 is 28.2 Å². The van der Waals surface area contributed by atoms with E-state index in [9.17, 15) is 18.0 Å². The van der Waals surface area contributed by atoms with Crippen molar-refractivity contribution in [2.75, 3.05) is 13.1 Å². The highest BCUT2D eigenvalue weighted by Gasteiger charge is 2.39. The van der Waals surface area contributed by atoms with Gasteiger partial charge in [-0.2, -0.15) is 13.2 Å². The number of nitrogens with zero attached hydrogens (tertiary/aromatic N) is 1. The van der Waals surface area contributed by atoms with Crippen molar-refractivity contribution in [1.82, 2.24) is 4.90 Å². The topological polar surface area (TPSA) is 60.8 Å². The zero-order chi connectivity index (χ0) is 14.9. The van der Waals surface area contributed by atoms with Crippen LogP contribution in [0.3, 0.4) is 0 Å². The minimum atomic E-state index is -4.64. The van der Waals surface area contributed by atoms with Gasteiger partial charge in [0.25, 0.3) is 0 Å². The van der Waals surface area contributed by atoms with Crippen LogP contribution in [0.2, 0.25) is 0 Å². The Morgan fingerprint density at radius 1 is 1.40 bits per heavy atom. The first kappa shape index (κ1) is 14.8. The fourth-order valence-corrected chi connectivity index (χ4v) is 2.37. The number of halogens is 3. The van der Waals surface area contributed by atoms with Gasteiger partial charge < -0.3 is 10.2 Å². The molecule has 1 aromatic carbocycles. The van der Waals surface area contributed by atoms with E-state index >= 15 is 0 Å². The number of carboxylic acid groups (broad SMARTS) is 1. The maximum absolute atomic E-state index is 12.3. The predicted molar refractivity (Wildman–Crippen MR) is 64.4 cm³/mol. The fraction of sp³-hybridized carbons (Fsp3) is 0.462. The summed E-state index contributed by atoms with van der Waals surface area (Å²) in [6.45, 7) is 0.00820. The number of hydrogen-bond acceptors (Lipinski definition) is 3. The summed E-state index contributed by atoms with van der Waals surface area (Å²) in [6.07, 6.45) is -6.65. The molecule has 110 valence electrons. The van der Waals surface area contributed by atoms with E-state index in [1.807, 2.05) is 0 Å². The Hall–Kier alpha value is -1.60. The van der Waals surface area contributed by atoms with Crippen LogP contribution in [0.15, 0.2) is 18.2 Å².